The van der Waals surface area contributed by atoms with Crippen molar-refractivity contribution in [3.8, 4) is 0 Å². The Labute approximate surface area is 116 Å². The zero-order valence-corrected chi connectivity index (χ0v) is 12.3. The van der Waals surface area contributed by atoms with E-state index >= 15 is 0 Å². The second-order valence-electron chi connectivity index (χ2n) is 5.13. The Hall–Kier alpha value is -1.35. The minimum atomic E-state index is -0.480. The van der Waals surface area contributed by atoms with E-state index < -0.39 is 6.04 Å². The molecule has 3 nitrogen and oxygen atoms in total. The summed E-state index contributed by atoms with van der Waals surface area (Å²) in [4.78, 5) is 12.2. The maximum absolute atomic E-state index is 12.2. The Morgan fingerprint density at radius 2 is 1.68 bits per heavy atom. The summed E-state index contributed by atoms with van der Waals surface area (Å²) in [7, 11) is 0. The molecule has 1 aromatic rings. The largest absolute Gasteiger partial charge is 0.349 e. The van der Waals surface area contributed by atoms with Gasteiger partial charge in [0.15, 0.2) is 0 Å². The lowest BCUT2D eigenvalue weighted by Gasteiger charge is -2.33. The molecule has 1 amide bonds. The van der Waals surface area contributed by atoms with Crippen molar-refractivity contribution in [1.82, 2.24) is 5.32 Å². The Balaban J connectivity index is 2.62. The summed E-state index contributed by atoms with van der Waals surface area (Å²) in [5.74, 6) is -0.0468. The van der Waals surface area contributed by atoms with E-state index in [1.54, 1.807) is 0 Å². The number of carbonyl (C=O) groups is 1. The van der Waals surface area contributed by atoms with Gasteiger partial charge in [-0.05, 0) is 31.2 Å². The highest BCUT2D eigenvalue weighted by Crippen LogP contribution is 2.19. The lowest BCUT2D eigenvalue weighted by molar-refractivity contribution is -0.124. The molecule has 19 heavy (non-hydrogen) atoms. The standard InChI is InChI=1S/C16H26N2O/c1-4-16(5-2,6-3)18-15(19)14(17)12-13-10-8-7-9-11-13/h7-11,14H,4-6,12,17H2,1-3H3,(H,18,19). The first-order valence-corrected chi connectivity index (χ1v) is 7.18. The summed E-state index contributed by atoms with van der Waals surface area (Å²) in [5, 5.41) is 3.14. The van der Waals surface area contributed by atoms with E-state index in [4.69, 9.17) is 5.73 Å². The van der Waals surface area contributed by atoms with Crippen LogP contribution in [0.25, 0.3) is 0 Å². The molecule has 0 bridgehead atoms. The smallest absolute Gasteiger partial charge is 0.237 e. The molecule has 0 fully saturated rings. The van der Waals surface area contributed by atoms with Gasteiger partial charge in [-0.25, -0.2) is 0 Å². The predicted molar refractivity (Wildman–Crippen MR) is 79.9 cm³/mol. The molecule has 0 saturated heterocycles. The van der Waals surface area contributed by atoms with Crippen molar-refractivity contribution in [1.29, 1.82) is 0 Å². The minimum Gasteiger partial charge on any atom is -0.349 e. The highest BCUT2D eigenvalue weighted by Gasteiger charge is 2.27. The molecule has 1 atom stereocenters. The van der Waals surface area contributed by atoms with Gasteiger partial charge in [-0.2, -0.15) is 0 Å². The number of rotatable bonds is 7. The van der Waals surface area contributed by atoms with Crippen LogP contribution >= 0.6 is 0 Å². The molecule has 3 N–H and O–H groups in total. The van der Waals surface area contributed by atoms with Crippen LogP contribution in [-0.2, 0) is 11.2 Å². The third-order valence-electron chi connectivity index (χ3n) is 4.05. The molecule has 0 heterocycles. The molecule has 1 rings (SSSR count). The van der Waals surface area contributed by atoms with Gasteiger partial charge in [0.2, 0.25) is 5.91 Å². The summed E-state index contributed by atoms with van der Waals surface area (Å²) < 4.78 is 0. The Morgan fingerprint density at radius 1 is 1.16 bits per heavy atom. The van der Waals surface area contributed by atoms with Gasteiger partial charge in [0.25, 0.3) is 0 Å². The fourth-order valence-electron chi connectivity index (χ4n) is 2.33. The van der Waals surface area contributed by atoms with Crippen molar-refractivity contribution in [2.75, 3.05) is 0 Å². The first-order valence-electron chi connectivity index (χ1n) is 7.18. The topological polar surface area (TPSA) is 55.1 Å². The van der Waals surface area contributed by atoms with E-state index in [0.29, 0.717) is 6.42 Å². The maximum atomic E-state index is 12.2. The van der Waals surface area contributed by atoms with Crippen LogP contribution < -0.4 is 11.1 Å². The van der Waals surface area contributed by atoms with Gasteiger partial charge in [-0.15, -0.1) is 0 Å². The summed E-state index contributed by atoms with van der Waals surface area (Å²) >= 11 is 0. The summed E-state index contributed by atoms with van der Waals surface area (Å²) in [6, 6.07) is 9.42. The Morgan fingerprint density at radius 3 is 2.16 bits per heavy atom. The van der Waals surface area contributed by atoms with Crippen molar-refractivity contribution in [3.63, 3.8) is 0 Å². The monoisotopic (exact) mass is 262 g/mol. The van der Waals surface area contributed by atoms with Crippen LogP contribution in [0, 0.1) is 0 Å². The van der Waals surface area contributed by atoms with Gasteiger partial charge in [-0.1, -0.05) is 51.1 Å². The first kappa shape index (κ1) is 15.7. The van der Waals surface area contributed by atoms with E-state index in [1.165, 1.54) is 0 Å². The molecule has 0 spiro atoms. The summed E-state index contributed by atoms with van der Waals surface area (Å²) in [5.41, 5.74) is 7.00. The lowest BCUT2D eigenvalue weighted by atomic mass is 9.89. The highest BCUT2D eigenvalue weighted by molar-refractivity contribution is 5.82. The van der Waals surface area contributed by atoms with E-state index in [2.05, 4.69) is 26.1 Å². The lowest BCUT2D eigenvalue weighted by Crippen LogP contribution is -2.53. The zero-order chi connectivity index (χ0) is 14.3. The number of nitrogens with one attached hydrogen (secondary N) is 1. The van der Waals surface area contributed by atoms with E-state index in [1.807, 2.05) is 30.3 Å². The van der Waals surface area contributed by atoms with E-state index in [-0.39, 0.29) is 11.4 Å². The van der Waals surface area contributed by atoms with Gasteiger partial charge in [0, 0.05) is 5.54 Å². The molecule has 0 aliphatic heterocycles. The first-order chi connectivity index (χ1) is 9.06. The Kier molecular flexibility index (Phi) is 6.03. The SMILES string of the molecule is CCC(CC)(CC)NC(=O)C(N)Cc1ccccc1. The van der Waals surface area contributed by atoms with Crippen molar-refractivity contribution in [3.05, 3.63) is 35.9 Å². The second kappa shape index (κ2) is 7.29. The number of amides is 1. The van der Waals surface area contributed by atoms with Crippen LogP contribution in [-0.4, -0.2) is 17.5 Å². The zero-order valence-electron chi connectivity index (χ0n) is 12.3. The molecule has 106 valence electrons. The van der Waals surface area contributed by atoms with Gasteiger partial charge >= 0.3 is 0 Å². The van der Waals surface area contributed by atoms with Crippen molar-refractivity contribution in [2.24, 2.45) is 5.73 Å². The molecule has 0 aliphatic rings. The van der Waals surface area contributed by atoms with Gasteiger partial charge in [0.05, 0.1) is 6.04 Å². The number of nitrogens with two attached hydrogens (primary N) is 1. The molecule has 3 heteroatoms. The number of carbonyl (C=O) groups excluding carboxylic acids is 1. The van der Waals surface area contributed by atoms with Crippen molar-refractivity contribution < 1.29 is 4.79 Å². The van der Waals surface area contributed by atoms with Gasteiger partial charge < -0.3 is 11.1 Å². The maximum Gasteiger partial charge on any atom is 0.237 e. The van der Waals surface area contributed by atoms with Gasteiger partial charge in [-0.3, -0.25) is 4.79 Å². The van der Waals surface area contributed by atoms with Crippen LogP contribution in [0.3, 0.4) is 0 Å². The third-order valence-corrected chi connectivity index (χ3v) is 4.05. The fourth-order valence-corrected chi connectivity index (χ4v) is 2.33. The minimum absolute atomic E-state index is 0.0468. The molecule has 0 radical (unpaired) electrons. The Bertz CT molecular complexity index is 377. The van der Waals surface area contributed by atoms with E-state index in [0.717, 1.165) is 24.8 Å². The molecule has 0 aliphatic carbocycles. The van der Waals surface area contributed by atoms with Crippen molar-refractivity contribution in [2.45, 2.75) is 58.0 Å². The van der Waals surface area contributed by atoms with Crippen LogP contribution in [0.5, 0.6) is 0 Å². The number of benzene rings is 1. The van der Waals surface area contributed by atoms with Crippen LogP contribution in [0.1, 0.15) is 45.6 Å². The van der Waals surface area contributed by atoms with Gasteiger partial charge in [0.1, 0.15) is 0 Å². The van der Waals surface area contributed by atoms with Crippen LogP contribution in [0.2, 0.25) is 0 Å². The highest BCUT2D eigenvalue weighted by atomic mass is 16.2. The molecule has 0 saturated carbocycles. The molecular formula is C16H26N2O. The fraction of sp³-hybridized carbons (Fsp3) is 0.562. The number of hydrogen-bond donors (Lipinski definition) is 2. The van der Waals surface area contributed by atoms with Crippen LogP contribution in [0.15, 0.2) is 30.3 Å². The molecule has 1 aromatic carbocycles. The average molecular weight is 262 g/mol. The van der Waals surface area contributed by atoms with Crippen molar-refractivity contribution >= 4 is 5.91 Å². The summed E-state index contributed by atoms with van der Waals surface area (Å²) in [6.45, 7) is 6.32. The molecular weight excluding hydrogens is 236 g/mol. The van der Waals surface area contributed by atoms with Crippen LogP contribution in [0.4, 0.5) is 0 Å². The predicted octanol–water partition coefficient (Wildman–Crippen LogP) is 2.64. The van der Waals surface area contributed by atoms with E-state index in [9.17, 15) is 4.79 Å². The molecule has 1 unspecified atom stereocenters. The molecule has 0 aromatic heterocycles. The quantitative estimate of drug-likeness (QED) is 0.793. The summed E-state index contributed by atoms with van der Waals surface area (Å²) in [6.07, 6.45) is 3.39. The number of hydrogen-bond acceptors (Lipinski definition) is 2. The second-order valence-corrected chi connectivity index (χ2v) is 5.13. The normalized spacial score (nSPS) is 13.1. The average Bonchev–Trinajstić information content (AvgIpc) is 2.45. The third kappa shape index (κ3) is 4.35.